The maximum absolute atomic E-state index is 14.2. The molecule has 2 heterocycles. The monoisotopic (exact) mass is 482 g/mol. The van der Waals surface area contributed by atoms with Crippen LogP contribution in [0.25, 0.3) is 0 Å². The number of piperidine rings is 1. The van der Waals surface area contributed by atoms with Crippen LogP contribution in [0.5, 0.6) is 11.5 Å². The lowest BCUT2D eigenvalue weighted by Crippen LogP contribution is -2.50. The molecule has 7 heteroatoms. The van der Waals surface area contributed by atoms with Crippen LogP contribution in [0.15, 0.2) is 41.3 Å². The second kappa shape index (κ2) is 9.90. The first kappa shape index (κ1) is 24.5. The molecule has 4 atom stereocenters. The van der Waals surface area contributed by atoms with Crippen molar-refractivity contribution in [2.75, 3.05) is 40.6 Å². The number of benzene rings is 2. The molecule has 0 N–H and O–H groups in total. The molecule has 182 valence electrons. The molecule has 34 heavy (non-hydrogen) atoms. The third-order valence-corrected chi connectivity index (χ3v) is 7.82. The first-order valence-corrected chi connectivity index (χ1v) is 13.0. The van der Waals surface area contributed by atoms with E-state index >= 15 is 0 Å². The van der Waals surface area contributed by atoms with Crippen LogP contribution in [0.2, 0.25) is 0 Å². The number of carbonyl (C=O) groups excluding carboxylic acids is 2. The highest BCUT2D eigenvalue weighted by Gasteiger charge is 2.45. The molecule has 2 aliphatic rings. The molecule has 1 saturated heterocycles. The number of methoxy groups -OCH3 is 2. The molecule has 0 bridgehead atoms. The molecule has 1 fully saturated rings. The second-order valence-corrected chi connectivity index (χ2v) is 10.5. The van der Waals surface area contributed by atoms with Gasteiger partial charge in [-0.25, -0.2) is 0 Å². The average Bonchev–Trinajstić information content (AvgIpc) is 2.84. The Labute approximate surface area is 206 Å². The van der Waals surface area contributed by atoms with Gasteiger partial charge >= 0.3 is 0 Å². The van der Waals surface area contributed by atoms with Crippen LogP contribution in [-0.2, 0) is 4.79 Å². The zero-order chi connectivity index (χ0) is 24.6. The van der Waals surface area contributed by atoms with Crippen LogP contribution < -0.4 is 9.47 Å². The Hall–Kier alpha value is -2.67. The Kier molecular flexibility index (Phi) is 7.12. The summed E-state index contributed by atoms with van der Waals surface area (Å²) < 4.78 is 11.0. The highest BCUT2D eigenvalue weighted by atomic mass is 32.2. The van der Waals surface area contributed by atoms with Gasteiger partial charge in [0.1, 0.15) is 0 Å². The third kappa shape index (κ3) is 4.38. The van der Waals surface area contributed by atoms with Crippen molar-refractivity contribution in [3.05, 3.63) is 53.1 Å². The molecule has 0 aromatic heterocycles. The van der Waals surface area contributed by atoms with Crippen LogP contribution in [0.1, 0.15) is 53.7 Å². The van der Waals surface area contributed by atoms with Gasteiger partial charge in [-0.05, 0) is 59.9 Å². The summed E-state index contributed by atoms with van der Waals surface area (Å²) in [5.41, 5.74) is 2.15. The van der Waals surface area contributed by atoms with E-state index < -0.39 is 12.0 Å². The van der Waals surface area contributed by atoms with Gasteiger partial charge in [0, 0.05) is 30.6 Å². The van der Waals surface area contributed by atoms with Crippen molar-refractivity contribution in [1.29, 1.82) is 0 Å². The number of likely N-dealkylation sites (tertiary alicyclic amines) is 1. The summed E-state index contributed by atoms with van der Waals surface area (Å²) in [6, 6.07) is 11.3. The van der Waals surface area contributed by atoms with E-state index in [4.69, 9.17) is 9.47 Å². The van der Waals surface area contributed by atoms with Gasteiger partial charge in [-0.3, -0.25) is 9.59 Å². The van der Waals surface area contributed by atoms with Crippen molar-refractivity contribution in [3.63, 3.8) is 0 Å². The predicted octanol–water partition coefficient (Wildman–Crippen LogP) is 4.84. The molecular formula is C27H34N2O4S. The second-order valence-electron chi connectivity index (χ2n) is 9.60. The molecule has 0 spiro atoms. The maximum Gasteiger partial charge on any atom is 0.254 e. The lowest BCUT2D eigenvalue weighted by Gasteiger charge is -2.44. The number of likely N-dealkylation sites (N-methyl/N-ethyl adjacent to an activating group) is 1. The number of hydrogen-bond acceptors (Lipinski definition) is 5. The molecule has 4 rings (SSSR count). The van der Waals surface area contributed by atoms with E-state index in [0.29, 0.717) is 34.5 Å². The summed E-state index contributed by atoms with van der Waals surface area (Å²) in [6.07, 6.45) is 3.15. The van der Waals surface area contributed by atoms with Gasteiger partial charge in [-0.2, -0.15) is 0 Å². The van der Waals surface area contributed by atoms with Gasteiger partial charge in [0.2, 0.25) is 5.91 Å². The lowest BCUT2D eigenvalue weighted by atomic mass is 9.78. The summed E-state index contributed by atoms with van der Waals surface area (Å²) in [5.74, 6) is 1.30. The van der Waals surface area contributed by atoms with Crippen LogP contribution in [0, 0.1) is 11.8 Å². The van der Waals surface area contributed by atoms with Gasteiger partial charge in [-0.15, -0.1) is 11.8 Å². The van der Waals surface area contributed by atoms with Gasteiger partial charge in [0.15, 0.2) is 11.5 Å². The molecule has 0 saturated carbocycles. The van der Waals surface area contributed by atoms with E-state index in [2.05, 4.69) is 26.0 Å². The molecule has 4 unspecified atom stereocenters. The van der Waals surface area contributed by atoms with E-state index in [1.807, 2.05) is 29.4 Å². The zero-order valence-electron chi connectivity index (χ0n) is 20.8. The normalized spacial score (nSPS) is 24.6. The van der Waals surface area contributed by atoms with Gasteiger partial charge in [0.05, 0.1) is 26.2 Å². The highest BCUT2D eigenvalue weighted by molar-refractivity contribution is 7.98. The van der Waals surface area contributed by atoms with E-state index in [1.54, 1.807) is 44.0 Å². The highest BCUT2D eigenvalue weighted by Crippen LogP contribution is 2.46. The summed E-state index contributed by atoms with van der Waals surface area (Å²) in [6.45, 7) is 5.87. The van der Waals surface area contributed by atoms with Crippen molar-refractivity contribution in [2.45, 2.75) is 37.1 Å². The fourth-order valence-electron chi connectivity index (χ4n) is 5.57. The van der Waals surface area contributed by atoms with Crippen LogP contribution in [0.4, 0.5) is 0 Å². The predicted molar refractivity (Wildman–Crippen MR) is 135 cm³/mol. The summed E-state index contributed by atoms with van der Waals surface area (Å²) in [5, 5.41) is 0. The first-order valence-electron chi connectivity index (χ1n) is 11.7. The van der Waals surface area contributed by atoms with Crippen molar-refractivity contribution in [3.8, 4) is 11.5 Å². The number of thioether (sulfide) groups is 1. The lowest BCUT2D eigenvalue weighted by molar-refractivity contribution is -0.137. The van der Waals surface area contributed by atoms with Gasteiger partial charge in [-0.1, -0.05) is 26.0 Å². The minimum Gasteiger partial charge on any atom is -0.493 e. The Balaban J connectivity index is 1.88. The number of rotatable bonds is 5. The van der Waals surface area contributed by atoms with Crippen molar-refractivity contribution >= 4 is 23.6 Å². The van der Waals surface area contributed by atoms with E-state index in [9.17, 15) is 9.59 Å². The fraction of sp³-hybridized carbons (Fsp3) is 0.481. The molecule has 0 radical (unpaired) electrons. The first-order chi connectivity index (χ1) is 16.3. The number of amides is 2. The minimum absolute atomic E-state index is 0.0603. The number of ether oxygens (including phenoxy) is 2. The largest absolute Gasteiger partial charge is 0.493 e. The number of nitrogens with zero attached hydrogens (tertiary/aromatic N) is 2. The SMILES string of the molecule is COc1cc2c(cc1OC)C(C(=O)N1CC(C)CC(C)C1)C(c1ccc(SC)cc1)N(C)C2=O. The van der Waals surface area contributed by atoms with Crippen LogP contribution in [-0.4, -0.2) is 62.2 Å². The standard InChI is InChI=1S/C27H34N2O4S/c1-16-11-17(2)15-29(14-16)27(31)24-20-12-22(32-4)23(33-5)13-21(20)26(30)28(3)25(24)18-7-9-19(34-6)10-8-18/h7-10,12-13,16-17,24-25H,11,14-15H2,1-6H3. The quantitative estimate of drug-likeness (QED) is 0.571. The Morgan fingerprint density at radius 1 is 1.00 bits per heavy atom. The van der Waals surface area contributed by atoms with Gasteiger partial charge < -0.3 is 19.3 Å². The molecule has 0 aliphatic carbocycles. The molecule has 2 amide bonds. The van der Waals surface area contributed by atoms with Crippen molar-refractivity contribution < 1.29 is 19.1 Å². The minimum atomic E-state index is -0.532. The summed E-state index contributed by atoms with van der Waals surface area (Å²) >= 11 is 1.67. The van der Waals surface area contributed by atoms with E-state index in [-0.39, 0.29) is 11.8 Å². The van der Waals surface area contributed by atoms with Crippen molar-refractivity contribution in [1.82, 2.24) is 9.80 Å². The molecule has 2 aromatic carbocycles. The van der Waals surface area contributed by atoms with Gasteiger partial charge in [0.25, 0.3) is 5.91 Å². The number of carbonyl (C=O) groups is 2. The topological polar surface area (TPSA) is 59.1 Å². The Morgan fingerprint density at radius 2 is 1.59 bits per heavy atom. The van der Waals surface area contributed by atoms with E-state index in [0.717, 1.165) is 30.0 Å². The van der Waals surface area contributed by atoms with Crippen LogP contribution in [0.3, 0.4) is 0 Å². The third-order valence-electron chi connectivity index (χ3n) is 7.08. The smallest absolute Gasteiger partial charge is 0.254 e. The summed E-state index contributed by atoms with van der Waals surface area (Å²) in [7, 11) is 4.91. The molecule has 6 nitrogen and oxygen atoms in total. The molecular weight excluding hydrogens is 448 g/mol. The Bertz CT molecular complexity index is 1060. The molecule has 2 aliphatic heterocycles. The number of fused-ring (bicyclic) bond motifs is 1. The van der Waals surface area contributed by atoms with Crippen molar-refractivity contribution in [2.24, 2.45) is 11.8 Å². The zero-order valence-corrected chi connectivity index (χ0v) is 21.6. The maximum atomic E-state index is 14.2. The average molecular weight is 483 g/mol. The Morgan fingerprint density at radius 3 is 2.15 bits per heavy atom. The van der Waals surface area contributed by atoms with E-state index in [1.165, 1.54) is 0 Å². The number of hydrogen-bond donors (Lipinski definition) is 0. The fourth-order valence-corrected chi connectivity index (χ4v) is 5.98. The summed E-state index contributed by atoms with van der Waals surface area (Å²) in [4.78, 5) is 32.6. The molecule has 2 aromatic rings. The van der Waals surface area contributed by atoms with Crippen LogP contribution >= 0.6 is 11.8 Å².